The number of carboxylic acids is 1. The molecule has 1 aromatic rings. The Hall–Kier alpha value is -1.65. The van der Waals surface area contributed by atoms with E-state index in [4.69, 9.17) is 9.84 Å². The first-order chi connectivity index (χ1) is 9.56. The van der Waals surface area contributed by atoms with Crippen LogP contribution in [0.3, 0.4) is 0 Å². The molecule has 1 aromatic carbocycles. The van der Waals surface area contributed by atoms with E-state index in [0.29, 0.717) is 6.61 Å². The quantitative estimate of drug-likeness (QED) is 0.684. The van der Waals surface area contributed by atoms with Crippen molar-refractivity contribution < 1.29 is 23.4 Å². The summed E-state index contributed by atoms with van der Waals surface area (Å²) in [5.41, 5.74) is -0.947. The van der Waals surface area contributed by atoms with Crippen molar-refractivity contribution in [1.29, 1.82) is 0 Å². The maximum atomic E-state index is 13.4. The van der Waals surface area contributed by atoms with E-state index in [0.717, 1.165) is 31.4 Å². The lowest BCUT2D eigenvalue weighted by Gasteiger charge is -2.08. The molecule has 1 rings (SSSR count). The van der Waals surface area contributed by atoms with Crippen LogP contribution in [0, 0.1) is 11.6 Å². The Bertz CT molecular complexity index is 424. The van der Waals surface area contributed by atoms with Gasteiger partial charge in [0.1, 0.15) is 22.9 Å². The monoisotopic (exact) mass is 286 g/mol. The molecule has 0 bridgehead atoms. The fraction of sp³-hybridized carbons (Fsp3) is 0.533. The summed E-state index contributed by atoms with van der Waals surface area (Å²) in [6, 6.07) is 1.81. The van der Waals surface area contributed by atoms with Gasteiger partial charge in [-0.2, -0.15) is 0 Å². The molecule has 0 aliphatic carbocycles. The number of benzene rings is 1. The number of aromatic carboxylic acids is 1. The van der Waals surface area contributed by atoms with E-state index < -0.39 is 23.2 Å². The summed E-state index contributed by atoms with van der Waals surface area (Å²) >= 11 is 0. The lowest BCUT2D eigenvalue weighted by Crippen LogP contribution is -2.06. The van der Waals surface area contributed by atoms with Crippen molar-refractivity contribution in [3.63, 3.8) is 0 Å². The van der Waals surface area contributed by atoms with Gasteiger partial charge in [0.15, 0.2) is 0 Å². The molecule has 1 N–H and O–H groups in total. The third-order valence-corrected chi connectivity index (χ3v) is 3.00. The molecule has 0 unspecified atom stereocenters. The molecule has 0 saturated heterocycles. The molecule has 0 aromatic heterocycles. The molecular weight excluding hydrogens is 266 g/mol. The summed E-state index contributed by atoms with van der Waals surface area (Å²) in [7, 11) is 0. The van der Waals surface area contributed by atoms with Crippen LogP contribution in [0.15, 0.2) is 12.1 Å². The van der Waals surface area contributed by atoms with Gasteiger partial charge in [-0.05, 0) is 6.42 Å². The van der Waals surface area contributed by atoms with Crippen molar-refractivity contribution in [1.82, 2.24) is 0 Å². The van der Waals surface area contributed by atoms with E-state index in [1.54, 1.807) is 0 Å². The number of carbonyl (C=O) groups is 1. The summed E-state index contributed by atoms with van der Waals surface area (Å²) in [4.78, 5) is 10.6. The summed E-state index contributed by atoms with van der Waals surface area (Å²) in [6.07, 6.45) is 6.54. The Balaban J connectivity index is 2.40. The predicted octanol–water partition coefficient (Wildman–Crippen LogP) is 4.40. The number of ether oxygens (including phenoxy) is 1. The predicted molar refractivity (Wildman–Crippen MR) is 72.2 cm³/mol. The summed E-state index contributed by atoms with van der Waals surface area (Å²) < 4.78 is 32.0. The first kappa shape index (κ1) is 16.4. The van der Waals surface area contributed by atoms with Gasteiger partial charge in [0.2, 0.25) is 0 Å². The number of unbranched alkanes of at least 4 members (excludes halogenated alkanes) is 5. The van der Waals surface area contributed by atoms with Crippen molar-refractivity contribution in [2.24, 2.45) is 0 Å². The zero-order valence-electron chi connectivity index (χ0n) is 11.6. The number of rotatable bonds is 9. The number of hydrogen-bond acceptors (Lipinski definition) is 2. The number of hydrogen-bond donors (Lipinski definition) is 1. The maximum Gasteiger partial charge on any atom is 0.341 e. The van der Waals surface area contributed by atoms with Gasteiger partial charge < -0.3 is 9.84 Å². The first-order valence-electron chi connectivity index (χ1n) is 6.91. The summed E-state index contributed by atoms with van der Waals surface area (Å²) in [6.45, 7) is 2.52. The highest BCUT2D eigenvalue weighted by molar-refractivity contribution is 5.88. The molecule has 0 aliphatic heterocycles. The van der Waals surface area contributed by atoms with E-state index in [9.17, 15) is 13.6 Å². The van der Waals surface area contributed by atoms with Crippen LogP contribution in [0.4, 0.5) is 8.78 Å². The number of halogens is 2. The molecule has 3 nitrogen and oxygen atoms in total. The molecule has 20 heavy (non-hydrogen) atoms. The first-order valence-corrected chi connectivity index (χ1v) is 6.91. The molecule has 5 heteroatoms. The van der Waals surface area contributed by atoms with Crippen LogP contribution in [0.25, 0.3) is 0 Å². The molecule has 0 radical (unpaired) electrons. The van der Waals surface area contributed by atoms with Gasteiger partial charge in [0, 0.05) is 12.1 Å². The van der Waals surface area contributed by atoms with Crippen molar-refractivity contribution in [2.75, 3.05) is 6.61 Å². The van der Waals surface area contributed by atoms with Crippen LogP contribution in [-0.4, -0.2) is 17.7 Å². The van der Waals surface area contributed by atoms with Crippen LogP contribution in [0.5, 0.6) is 5.75 Å². The summed E-state index contributed by atoms with van der Waals surface area (Å²) in [5, 5.41) is 8.63. The lowest BCUT2D eigenvalue weighted by molar-refractivity contribution is 0.0686. The van der Waals surface area contributed by atoms with E-state index in [2.05, 4.69) is 6.92 Å². The highest BCUT2D eigenvalue weighted by atomic mass is 19.1. The molecule has 0 aliphatic rings. The van der Waals surface area contributed by atoms with E-state index in [1.807, 2.05) is 0 Å². The van der Waals surface area contributed by atoms with Crippen LogP contribution in [0.2, 0.25) is 0 Å². The molecule has 0 fully saturated rings. The van der Waals surface area contributed by atoms with Gasteiger partial charge >= 0.3 is 5.97 Å². The van der Waals surface area contributed by atoms with Crippen molar-refractivity contribution in [3.05, 3.63) is 29.3 Å². The molecule has 0 saturated carbocycles. The molecule has 0 atom stereocenters. The molecule has 0 spiro atoms. The third kappa shape index (κ3) is 5.15. The van der Waals surface area contributed by atoms with Gasteiger partial charge in [0.25, 0.3) is 0 Å². The second kappa shape index (κ2) is 8.51. The van der Waals surface area contributed by atoms with Gasteiger partial charge in [-0.25, -0.2) is 13.6 Å². The zero-order valence-corrected chi connectivity index (χ0v) is 11.6. The fourth-order valence-electron chi connectivity index (χ4n) is 1.91. The lowest BCUT2D eigenvalue weighted by atomic mass is 10.1. The second-order valence-electron chi connectivity index (χ2n) is 4.68. The smallest absolute Gasteiger partial charge is 0.341 e. The maximum absolute atomic E-state index is 13.4. The SMILES string of the molecule is CCCCCCCCOc1cc(F)c(C(=O)O)c(F)c1. The van der Waals surface area contributed by atoms with Crippen LogP contribution < -0.4 is 4.74 Å². The Morgan fingerprint density at radius 2 is 1.65 bits per heavy atom. The minimum absolute atomic E-state index is 0.0264. The molecule has 0 heterocycles. The van der Waals surface area contributed by atoms with Crippen molar-refractivity contribution >= 4 is 5.97 Å². The normalized spacial score (nSPS) is 10.6. The second-order valence-corrected chi connectivity index (χ2v) is 4.68. The van der Waals surface area contributed by atoms with Gasteiger partial charge in [-0.1, -0.05) is 39.0 Å². The highest BCUT2D eigenvalue weighted by Gasteiger charge is 2.18. The largest absolute Gasteiger partial charge is 0.493 e. The van der Waals surface area contributed by atoms with Gasteiger partial charge in [-0.15, -0.1) is 0 Å². The van der Waals surface area contributed by atoms with Gasteiger partial charge in [-0.3, -0.25) is 0 Å². The molecular formula is C15H20F2O3. The molecule has 112 valence electrons. The van der Waals surface area contributed by atoms with Gasteiger partial charge in [0.05, 0.1) is 6.61 Å². The van der Waals surface area contributed by atoms with E-state index >= 15 is 0 Å². The standard InChI is InChI=1S/C15H20F2O3/c1-2-3-4-5-6-7-8-20-11-9-12(16)14(15(18)19)13(17)10-11/h9-10H,2-8H2,1H3,(H,18,19). The van der Waals surface area contributed by atoms with Crippen LogP contribution in [-0.2, 0) is 0 Å². The Labute approximate surface area is 117 Å². The average Bonchev–Trinajstić information content (AvgIpc) is 2.36. The Kier molecular flexibility index (Phi) is 6.98. The van der Waals surface area contributed by atoms with E-state index in [-0.39, 0.29) is 5.75 Å². The number of carboxylic acid groups (broad SMARTS) is 1. The van der Waals surface area contributed by atoms with Crippen molar-refractivity contribution in [3.8, 4) is 5.75 Å². The van der Waals surface area contributed by atoms with Crippen LogP contribution >= 0.6 is 0 Å². The van der Waals surface area contributed by atoms with Crippen LogP contribution in [0.1, 0.15) is 55.8 Å². The fourth-order valence-corrected chi connectivity index (χ4v) is 1.91. The van der Waals surface area contributed by atoms with E-state index in [1.165, 1.54) is 19.3 Å². The minimum Gasteiger partial charge on any atom is -0.493 e. The molecule has 0 amide bonds. The average molecular weight is 286 g/mol. The minimum atomic E-state index is -1.62. The Morgan fingerprint density at radius 1 is 1.10 bits per heavy atom. The third-order valence-electron chi connectivity index (χ3n) is 3.00. The topological polar surface area (TPSA) is 46.5 Å². The summed E-state index contributed by atoms with van der Waals surface area (Å²) in [5.74, 6) is -3.83. The van der Waals surface area contributed by atoms with Crippen molar-refractivity contribution in [2.45, 2.75) is 45.4 Å². The Morgan fingerprint density at radius 3 is 2.20 bits per heavy atom. The zero-order chi connectivity index (χ0) is 15.0. The highest BCUT2D eigenvalue weighted by Crippen LogP contribution is 2.21.